The van der Waals surface area contributed by atoms with Gasteiger partial charge in [0.25, 0.3) is 0 Å². The number of hydrogen-bond donors (Lipinski definition) is 1. The van der Waals surface area contributed by atoms with Crippen LogP contribution < -0.4 is 5.32 Å². The van der Waals surface area contributed by atoms with Crippen LogP contribution in [0, 0.1) is 17.1 Å². The van der Waals surface area contributed by atoms with Gasteiger partial charge in [-0.25, -0.2) is 4.39 Å². The Morgan fingerprint density at radius 3 is 2.94 bits per heavy atom. The van der Waals surface area contributed by atoms with Gasteiger partial charge in [0.15, 0.2) is 0 Å². The molecule has 1 rings (SSSR count). The van der Waals surface area contributed by atoms with Crippen molar-refractivity contribution in [3.63, 3.8) is 0 Å². The molecular weight excluding hydrogens is 223 g/mol. The van der Waals surface area contributed by atoms with E-state index in [1.807, 2.05) is 12.3 Å². The van der Waals surface area contributed by atoms with Crippen LogP contribution in [0.4, 0.5) is 4.39 Å². The first kappa shape index (κ1) is 13.0. The minimum atomic E-state index is -0.261. The van der Waals surface area contributed by atoms with Crippen molar-refractivity contribution in [2.75, 3.05) is 12.0 Å². The molecule has 2 nitrogen and oxygen atoms in total. The molecule has 1 atom stereocenters. The fraction of sp³-hybridized carbons (Fsp3) is 0.417. The van der Waals surface area contributed by atoms with Crippen molar-refractivity contribution in [2.45, 2.75) is 19.5 Å². The van der Waals surface area contributed by atoms with E-state index in [0.29, 0.717) is 23.7 Å². The summed E-state index contributed by atoms with van der Waals surface area (Å²) in [7, 11) is 0. The van der Waals surface area contributed by atoms with Crippen LogP contribution in [0.1, 0.15) is 18.1 Å². The molecule has 1 aromatic carbocycles. The van der Waals surface area contributed by atoms with Crippen LogP contribution in [0.2, 0.25) is 0 Å². The number of rotatable bonds is 5. The zero-order chi connectivity index (χ0) is 12.0. The van der Waals surface area contributed by atoms with E-state index < -0.39 is 0 Å². The number of nitriles is 1. The van der Waals surface area contributed by atoms with Crippen molar-refractivity contribution in [3.8, 4) is 6.07 Å². The van der Waals surface area contributed by atoms with Crippen LogP contribution in [0.5, 0.6) is 0 Å². The Morgan fingerprint density at radius 2 is 2.31 bits per heavy atom. The molecule has 0 heterocycles. The third kappa shape index (κ3) is 3.84. The molecule has 0 fully saturated rings. The molecule has 0 aromatic heterocycles. The van der Waals surface area contributed by atoms with Crippen LogP contribution in [-0.4, -0.2) is 18.1 Å². The van der Waals surface area contributed by atoms with E-state index in [1.54, 1.807) is 17.8 Å². The zero-order valence-electron chi connectivity index (χ0n) is 9.46. The number of halogens is 1. The largest absolute Gasteiger partial charge is 0.309 e. The van der Waals surface area contributed by atoms with Gasteiger partial charge >= 0.3 is 0 Å². The lowest BCUT2D eigenvalue weighted by Crippen LogP contribution is -2.27. The van der Waals surface area contributed by atoms with Gasteiger partial charge in [0.05, 0.1) is 11.6 Å². The second-order valence-electron chi connectivity index (χ2n) is 3.66. The average molecular weight is 238 g/mol. The maximum absolute atomic E-state index is 13.4. The van der Waals surface area contributed by atoms with Gasteiger partial charge in [0.2, 0.25) is 0 Å². The van der Waals surface area contributed by atoms with Gasteiger partial charge in [-0.1, -0.05) is 0 Å². The lowest BCUT2D eigenvalue weighted by Gasteiger charge is -2.12. The van der Waals surface area contributed by atoms with Crippen LogP contribution in [0.3, 0.4) is 0 Å². The second-order valence-corrected chi connectivity index (χ2v) is 4.57. The Hall–Kier alpha value is -1.05. The standard InChI is InChI=1S/C12H15FN2S/c1-9(8-16-2)15-7-11-5-10(6-14)3-4-12(11)13/h3-5,9,15H,7-8H2,1-2H3. The van der Waals surface area contributed by atoms with Crippen LogP contribution in [0.25, 0.3) is 0 Å². The maximum Gasteiger partial charge on any atom is 0.127 e. The molecule has 0 aliphatic carbocycles. The lowest BCUT2D eigenvalue weighted by atomic mass is 10.1. The zero-order valence-corrected chi connectivity index (χ0v) is 10.3. The first-order chi connectivity index (χ1) is 7.67. The van der Waals surface area contributed by atoms with E-state index in [-0.39, 0.29) is 5.82 Å². The van der Waals surface area contributed by atoms with Crippen molar-refractivity contribution in [1.29, 1.82) is 5.26 Å². The van der Waals surface area contributed by atoms with Crippen LogP contribution in [0.15, 0.2) is 18.2 Å². The van der Waals surface area contributed by atoms with Gasteiger partial charge in [-0.2, -0.15) is 17.0 Å². The molecular formula is C12H15FN2S. The van der Waals surface area contributed by atoms with Crippen molar-refractivity contribution >= 4 is 11.8 Å². The average Bonchev–Trinajstić information content (AvgIpc) is 2.28. The van der Waals surface area contributed by atoms with Crippen molar-refractivity contribution in [3.05, 3.63) is 35.1 Å². The smallest absolute Gasteiger partial charge is 0.127 e. The summed E-state index contributed by atoms with van der Waals surface area (Å²) in [5.41, 5.74) is 1.04. The number of hydrogen-bond acceptors (Lipinski definition) is 3. The highest BCUT2D eigenvalue weighted by atomic mass is 32.2. The topological polar surface area (TPSA) is 35.8 Å². The molecule has 0 amide bonds. The molecule has 0 spiro atoms. The molecule has 16 heavy (non-hydrogen) atoms. The molecule has 0 radical (unpaired) electrons. The first-order valence-electron chi connectivity index (χ1n) is 5.08. The Labute approximate surface area is 99.9 Å². The van der Waals surface area contributed by atoms with Crippen LogP contribution >= 0.6 is 11.8 Å². The molecule has 1 N–H and O–H groups in total. The molecule has 0 saturated heterocycles. The van der Waals surface area contributed by atoms with Crippen molar-refractivity contribution in [1.82, 2.24) is 5.32 Å². The molecule has 1 aromatic rings. The predicted molar refractivity (Wildman–Crippen MR) is 65.8 cm³/mol. The Bertz CT molecular complexity index is 387. The van der Waals surface area contributed by atoms with E-state index in [9.17, 15) is 4.39 Å². The summed E-state index contributed by atoms with van der Waals surface area (Å²) < 4.78 is 13.4. The highest BCUT2D eigenvalue weighted by Crippen LogP contribution is 2.10. The van der Waals surface area contributed by atoms with Gasteiger partial charge in [-0.15, -0.1) is 0 Å². The van der Waals surface area contributed by atoms with Gasteiger partial charge in [-0.3, -0.25) is 0 Å². The highest BCUT2D eigenvalue weighted by molar-refractivity contribution is 7.98. The summed E-state index contributed by atoms with van der Waals surface area (Å²) in [6.07, 6.45) is 2.04. The molecule has 0 bridgehead atoms. The van der Waals surface area contributed by atoms with E-state index >= 15 is 0 Å². The molecule has 4 heteroatoms. The minimum Gasteiger partial charge on any atom is -0.309 e. The van der Waals surface area contributed by atoms with Gasteiger partial charge in [0.1, 0.15) is 5.82 Å². The Morgan fingerprint density at radius 1 is 1.56 bits per heavy atom. The number of nitrogens with one attached hydrogen (secondary N) is 1. The lowest BCUT2D eigenvalue weighted by molar-refractivity contribution is 0.557. The third-order valence-corrected chi connectivity index (χ3v) is 3.07. The number of thioether (sulfide) groups is 1. The fourth-order valence-electron chi connectivity index (χ4n) is 1.37. The predicted octanol–water partition coefficient (Wildman–Crippen LogP) is 2.54. The Kier molecular flexibility index (Phi) is 5.30. The minimum absolute atomic E-state index is 0.261. The van der Waals surface area contributed by atoms with Gasteiger partial charge < -0.3 is 5.32 Å². The van der Waals surface area contributed by atoms with E-state index in [0.717, 1.165) is 5.75 Å². The summed E-state index contributed by atoms with van der Waals surface area (Å²) in [5, 5.41) is 11.9. The number of benzene rings is 1. The highest BCUT2D eigenvalue weighted by Gasteiger charge is 2.05. The van der Waals surface area contributed by atoms with E-state index in [4.69, 9.17) is 5.26 Å². The first-order valence-corrected chi connectivity index (χ1v) is 6.47. The molecule has 0 aliphatic rings. The van der Waals surface area contributed by atoms with Gasteiger partial charge in [0, 0.05) is 23.9 Å². The SMILES string of the molecule is CSCC(C)NCc1cc(C#N)ccc1F. The second kappa shape index (κ2) is 6.51. The molecule has 0 saturated carbocycles. The number of nitrogens with zero attached hydrogens (tertiary/aromatic N) is 1. The summed E-state index contributed by atoms with van der Waals surface area (Å²) in [6.45, 7) is 2.52. The molecule has 86 valence electrons. The van der Waals surface area contributed by atoms with Crippen molar-refractivity contribution in [2.24, 2.45) is 0 Å². The summed E-state index contributed by atoms with van der Waals surface area (Å²) in [4.78, 5) is 0. The summed E-state index contributed by atoms with van der Waals surface area (Å²) in [5.74, 6) is 0.724. The van der Waals surface area contributed by atoms with E-state index in [1.165, 1.54) is 12.1 Å². The quantitative estimate of drug-likeness (QED) is 0.856. The fourth-order valence-corrected chi connectivity index (χ4v) is 1.99. The third-order valence-electron chi connectivity index (χ3n) is 2.23. The monoisotopic (exact) mass is 238 g/mol. The van der Waals surface area contributed by atoms with Gasteiger partial charge in [-0.05, 0) is 31.4 Å². The van der Waals surface area contributed by atoms with Crippen molar-refractivity contribution < 1.29 is 4.39 Å². The summed E-state index contributed by atoms with van der Waals surface area (Å²) >= 11 is 1.75. The Balaban J connectivity index is 2.63. The molecule has 0 aliphatic heterocycles. The summed E-state index contributed by atoms with van der Waals surface area (Å²) in [6, 6.07) is 6.77. The maximum atomic E-state index is 13.4. The van der Waals surface area contributed by atoms with E-state index in [2.05, 4.69) is 12.2 Å². The normalized spacial score (nSPS) is 12.1. The molecule has 1 unspecified atom stereocenters. The van der Waals surface area contributed by atoms with Crippen LogP contribution in [-0.2, 0) is 6.54 Å².